The van der Waals surface area contributed by atoms with Gasteiger partial charge < -0.3 is 0 Å². The van der Waals surface area contributed by atoms with Gasteiger partial charge in [-0.25, -0.2) is 5.01 Å². The summed E-state index contributed by atoms with van der Waals surface area (Å²) >= 11 is 0. The molecule has 0 N–H and O–H groups in total. The molecule has 6 aromatic rings. The topological polar surface area (TPSA) is 22.1 Å². The molecule has 7 rings (SSSR count). The second kappa shape index (κ2) is 10.9. The monoisotopic (exact) mass is 528 g/mol. The molecular formula is C37H28N4. The maximum Gasteiger partial charge on any atom is 0.140 e. The van der Waals surface area contributed by atoms with Crippen LogP contribution in [0.1, 0.15) is 0 Å². The Morgan fingerprint density at radius 1 is 0.390 bits per heavy atom. The van der Waals surface area contributed by atoms with Crippen LogP contribution in [0.25, 0.3) is 33.4 Å². The summed E-state index contributed by atoms with van der Waals surface area (Å²) in [5.41, 5.74) is 9.91. The minimum absolute atomic E-state index is 0.980. The third kappa shape index (κ3) is 4.62. The summed E-state index contributed by atoms with van der Waals surface area (Å²) in [4.78, 5) is 0. The van der Waals surface area contributed by atoms with Crippen molar-refractivity contribution in [1.29, 1.82) is 0 Å². The standard InChI is InChI=1S/C37H28N4/c1-6-16-29(17-7-1)34-26-27-35(37(31-20-10-3-11-21-31)36(34)30-18-8-2-9-19-30)40-38-28-39(32-22-12-4-13-23-32)41(40)33-24-14-5-15-25-33/h1-28H. The van der Waals surface area contributed by atoms with Gasteiger partial charge in [0.25, 0.3) is 0 Å². The van der Waals surface area contributed by atoms with E-state index < -0.39 is 0 Å². The Morgan fingerprint density at radius 3 is 1.41 bits per heavy atom. The largest absolute Gasteiger partial charge is 0.220 e. The Balaban J connectivity index is 1.50. The SMILES string of the molecule is C1=NN(c2ccc(-c3ccccc3)c(-c3ccccc3)c2-c2ccccc2)N(c2ccccc2)N1c1ccccc1. The van der Waals surface area contributed by atoms with Crippen molar-refractivity contribution in [2.75, 3.05) is 15.2 Å². The molecule has 41 heavy (non-hydrogen) atoms. The van der Waals surface area contributed by atoms with Gasteiger partial charge in [-0.05, 0) is 58.1 Å². The van der Waals surface area contributed by atoms with Gasteiger partial charge in [0.15, 0.2) is 0 Å². The predicted octanol–water partition coefficient (Wildman–Crippen LogP) is 9.29. The van der Waals surface area contributed by atoms with Crippen LogP contribution in [-0.2, 0) is 0 Å². The molecule has 0 atom stereocenters. The number of hydrazone groups is 1. The highest BCUT2D eigenvalue weighted by Gasteiger charge is 2.32. The average molecular weight is 529 g/mol. The lowest BCUT2D eigenvalue weighted by molar-refractivity contribution is 0.819. The van der Waals surface area contributed by atoms with E-state index in [1.54, 1.807) is 0 Å². The summed E-state index contributed by atoms with van der Waals surface area (Å²) in [6.07, 6.45) is 1.88. The van der Waals surface area contributed by atoms with Crippen LogP contribution in [0.4, 0.5) is 17.1 Å². The molecule has 0 aromatic heterocycles. The van der Waals surface area contributed by atoms with Crippen molar-refractivity contribution < 1.29 is 0 Å². The van der Waals surface area contributed by atoms with Gasteiger partial charge in [0, 0.05) is 5.56 Å². The van der Waals surface area contributed by atoms with Crippen molar-refractivity contribution in [3.05, 3.63) is 164 Å². The van der Waals surface area contributed by atoms with Gasteiger partial charge in [0.2, 0.25) is 0 Å². The molecular weight excluding hydrogens is 500 g/mol. The fourth-order valence-corrected chi connectivity index (χ4v) is 5.42. The number of para-hydroxylation sites is 2. The maximum atomic E-state index is 5.01. The number of hydrogen-bond acceptors (Lipinski definition) is 4. The molecule has 6 aromatic carbocycles. The van der Waals surface area contributed by atoms with E-state index in [0.29, 0.717) is 0 Å². The Bertz CT molecular complexity index is 1770. The molecule has 0 aliphatic carbocycles. The van der Waals surface area contributed by atoms with Crippen molar-refractivity contribution in [2.45, 2.75) is 0 Å². The summed E-state index contributed by atoms with van der Waals surface area (Å²) in [6, 6.07) is 57.0. The Morgan fingerprint density at radius 2 is 0.854 bits per heavy atom. The van der Waals surface area contributed by atoms with E-state index in [9.17, 15) is 0 Å². The van der Waals surface area contributed by atoms with E-state index in [1.165, 1.54) is 16.7 Å². The quantitative estimate of drug-likeness (QED) is 0.215. The molecule has 0 amide bonds. The van der Waals surface area contributed by atoms with Crippen LogP contribution in [0.3, 0.4) is 0 Å². The molecule has 1 aliphatic heterocycles. The van der Waals surface area contributed by atoms with Crippen LogP contribution in [0.5, 0.6) is 0 Å². The molecule has 0 radical (unpaired) electrons. The summed E-state index contributed by atoms with van der Waals surface area (Å²) < 4.78 is 0. The van der Waals surface area contributed by atoms with Crippen LogP contribution in [-0.4, -0.2) is 6.34 Å². The van der Waals surface area contributed by atoms with Gasteiger partial charge in [0.1, 0.15) is 6.34 Å². The van der Waals surface area contributed by atoms with E-state index in [2.05, 4.69) is 150 Å². The highest BCUT2D eigenvalue weighted by atomic mass is 16.0. The molecule has 0 spiro atoms. The normalized spacial score (nSPS) is 12.6. The van der Waals surface area contributed by atoms with E-state index >= 15 is 0 Å². The zero-order valence-electron chi connectivity index (χ0n) is 22.5. The molecule has 196 valence electrons. The Hall–Kier alpha value is -5.61. The first kappa shape index (κ1) is 24.4. The number of hydrazine groups is 2. The highest BCUT2D eigenvalue weighted by molar-refractivity contribution is 6.02. The van der Waals surface area contributed by atoms with E-state index in [-0.39, 0.29) is 0 Å². The lowest BCUT2D eigenvalue weighted by Gasteiger charge is -2.36. The average Bonchev–Trinajstić information content (AvgIpc) is 3.51. The van der Waals surface area contributed by atoms with Gasteiger partial charge in [-0.1, -0.05) is 133 Å². The van der Waals surface area contributed by atoms with Crippen LogP contribution in [0.15, 0.2) is 169 Å². The van der Waals surface area contributed by atoms with Gasteiger partial charge in [0.05, 0.1) is 17.1 Å². The van der Waals surface area contributed by atoms with E-state index in [0.717, 1.165) is 33.8 Å². The van der Waals surface area contributed by atoms with Crippen LogP contribution in [0.2, 0.25) is 0 Å². The van der Waals surface area contributed by atoms with Gasteiger partial charge in [-0.15, -0.1) is 5.10 Å². The van der Waals surface area contributed by atoms with Crippen molar-refractivity contribution >= 4 is 23.4 Å². The van der Waals surface area contributed by atoms with Crippen molar-refractivity contribution in [3.63, 3.8) is 0 Å². The van der Waals surface area contributed by atoms with Crippen molar-refractivity contribution in [3.8, 4) is 33.4 Å². The summed E-state index contributed by atoms with van der Waals surface area (Å²) in [5, 5.41) is 11.2. The van der Waals surface area contributed by atoms with E-state index in [1.807, 2.05) is 35.7 Å². The summed E-state index contributed by atoms with van der Waals surface area (Å²) in [7, 11) is 0. The lowest BCUT2D eigenvalue weighted by Crippen LogP contribution is -2.46. The molecule has 4 heteroatoms. The van der Waals surface area contributed by atoms with E-state index in [4.69, 9.17) is 5.10 Å². The second-order valence-electron chi connectivity index (χ2n) is 9.81. The molecule has 1 heterocycles. The second-order valence-corrected chi connectivity index (χ2v) is 9.81. The van der Waals surface area contributed by atoms with Crippen LogP contribution < -0.4 is 15.2 Å². The van der Waals surface area contributed by atoms with Gasteiger partial charge in [-0.3, -0.25) is 0 Å². The zero-order chi connectivity index (χ0) is 27.4. The van der Waals surface area contributed by atoms with Crippen molar-refractivity contribution in [1.82, 2.24) is 0 Å². The van der Waals surface area contributed by atoms with Crippen molar-refractivity contribution in [2.24, 2.45) is 5.10 Å². The minimum Gasteiger partial charge on any atom is -0.220 e. The molecule has 0 unspecified atom stereocenters. The molecule has 0 saturated carbocycles. The maximum absolute atomic E-state index is 5.01. The zero-order valence-corrected chi connectivity index (χ0v) is 22.5. The lowest BCUT2D eigenvalue weighted by atomic mass is 9.86. The molecule has 0 bridgehead atoms. The first-order chi connectivity index (χ1) is 20.4. The smallest absolute Gasteiger partial charge is 0.140 e. The Kier molecular flexibility index (Phi) is 6.48. The Labute approximate surface area is 240 Å². The number of rotatable bonds is 6. The summed E-state index contributed by atoms with van der Waals surface area (Å²) in [5.74, 6) is 0. The third-order valence-corrected chi connectivity index (χ3v) is 7.27. The highest BCUT2D eigenvalue weighted by Crippen LogP contribution is 2.47. The predicted molar refractivity (Wildman–Crippen MR) is 172 cm³/mol. The number of nitrogens with zero attached hydrogens (tertiary/aromatic N) is 4. The first-order valence-electron chi connectivity index (χ1n) is 13.8. The third-order valence-electron chi connectivity index (χ3n) is 7.27. The van der Waals surface area contributed by atoms with Gasteiger partial charge in [-0.2, -0.15) is 10.2 Å². The van der Waals surface area contributed by atoms with Crippen LogP contribution in [0, 0.1) is 0 Å². The number of hydrogen-bond donors (Lipinski definition) is 0. The molecule has 0 fully saturated rings. The van der Waals surface area contributed by atoms with Gasteiger partial charge >= 0.3 is 0 Å². The first-order valence-corrected chi connectivity index (χ1v) is 13.8. The minimum atomic E-state index is 0.980. The fraction of sp³-hybridized carbons (Fsp3) is 0. The molecule has 4 nitrogen and oxygen atoms in total. The molecule has 1 aliphatic rings. The number of benzene rings is 6. The molecule has 0 saturated heterocycles. The van der Waals surface area contributed by atoms with Crippen LogP contribution >= 0.6 is 0 Å². The summed E-state index contributed by atoms with van der Waals surface area (Å²) in [6.45, 7) is 0. The number of anilines is 3. The fourth-order valence-electron chi connectivity index (χ4n) is 5.42.